The highest BCUT2D eigenvalue weighted by Crippen LogP contribution is 2.25. The van der Waals surface area contributed by atoms with E-state index in [1.54, 1.807) is 34.6 Å². The van der Waals surface area contributed by atoms with Gasteiger partial charge in [0, 0.05) is 20.0 Å². The zero-order valence-corrected chi connectivity index (χ0v) is 17.6. The number of carbonyl (C=O) groups is 1. The molecule has 10 heteroatoms. The minimum Gasteiger partial charge on any atom is -0.340 e. The zero-order valence-electron chi connectivity index (χ0n) is 16.1. The molecule has 148 valence electrons. The van der Waals surface area contributed by atoms with E-state index in [-0.39, 0.29) is 21.5 Å². The first-order chi connectivity index (χ1) is 12.4. The SMILES string of the molecule is Cc1nc(C(C)(C)NC(=O)c2cc(S(=O)(=O)N(C)C(C)C)ccc2Cl)no1. The number of hydrogen-bond donors (Lipinski definition) is 1. The van der Waals surface area contributed by atoms with Crippen molar-refractivity contribution in [2.45, 2.75) is 51.1 Å². The molecule has 0 aliphatic carbocycles. The van der Waals surface area contributed by atoms with Crippen LogP contribution in [0.15, 0.2) is 27.6 Å². The molecule has 0 aliphatic rings. The molecule has 0 radical (unpaired) electrons. The minimum atomic E-state index is -3.75. The summed E-state index contributed by atoms with van der Waals surface area (Å²) in [6, 6.07) is 3.80. The normalized spacial score (nSPS) is 12.6. The minimum absolute atomic E-state index is 0.0125. The average Bonchev–Trinajstić information content (AvgIpc) is 3.01. The van der Waals surface area contributed by atoms with Crippen molar-refractivity contribution < 1.29 is 17.7 Å². The molecule has 0 atom stereocenters. The fraction of sp³-hybridized carbons (Fsp3) is 0.471. The number of hydrogen-bond acceptors (Lipinski definition) is 6. The van der Waals surface area contributed by atoms with Crippen molar-refractivity contribution in [1.82, 2.24) is 19.8 Å². The number of aryl methyl sites for hydroxylation is 1. The lowest BCUT2D eigenvalue weighted by Crippen LogP contribution is -2.42. The Morgan fingerprint density at radius 3 is 2.48 bits per heavy atom. The van der Waals surface area contributed by atoms with Crippen LogP contribution in [0, 0.1) is 6.92 Å². The number of rotatable bonds is 6. The number of sulfonamides is 1. The molecule has 1 amide bonds. The summed E-state index contributed by atoms with van der Waals surface area (Å²) in [5, 5.41) is 6.71. The first-order valence-corrected chi connectivity index (χ1v) is 10.1. The first kappa shape index (κ1) is 21.3. The molecule has 0 spiro atoms. The molecular formula is C17H23ClN4O4S. The predicted molar refractivity (Wildman–Crippen MR) is 101 cm³/mol. The van der Waals surface area contributed by atoms with Crippen LogP contribution in [0.2, 0.25) is 5.02 Å². The maximum atomic E-state index is 12.8. The second-order valence-corrected chi connectivity index (χ2v) is 9.38. The van der Waals surface area contributed by atoms with E-state index in [0.29, 0.717) is 11.7 Å². The third-order valence-corrected chi connectivity index (χ3v) is 6.46. The van der Waals surface area contributed by atoms with E-state index in [1.165, 1.54) is 29.6 Å². The molecule has 1 aromatic carbocycles. The molecular weight excluding hydrogens is 392 g/mol. The van der Waals surface area contributed by atoms with E-state index >= 15 is 0 Å². The summed E-state index contributed by atoms with van der Waals surface area (Å²) in [5.74, 6) is 0.125. The summed E-state index contributed by atoms with van der Waals surface area (Å²) in [5.41, 5.74) is -0.898. The van der Waals surface area contributed by atoms with Crippen molar-refractivity contribution in [1.29, 1.82) is 0 Å². The number of nitrogens with one attached hydrogen (secondary N) is 1. The number of benzene rings is 1. The highest BCUT2D eigenvalue weighted by molar-refractivity contribution is 7.89. The van der Waals surface area contributed by atoms with Crippen LogP contribution in [-0.2, 0) is 15.6 Å². The Bertz CT molecular complexity index is 954. The number of halogens is 1. The summed E-state index contributed by atoms with van der Waals surface area (Å²) < 4.78 is 31.6. The highest BCUT2D eigenvalue weighted by Gasteiger charge is 2.30. The third-order valence-electron chi connectivity index (χ3n) is 4.10. The molecule has 8 nitrogen and oxygen atoms in total. The van der Waals surface area contributed by atoms with Crippen LogP contribution in [0.1, 0.15) is 49.8 Å². The monoisotopic (exact) mass is 414 g/mol. The largest absolute Gasteiger partial charge is 0.340 e. The number of aromatic nitrogens is 2. The van der Waals surface area contributed by atoms with Gasteiger partial charge in [0.2, 0.25) is 15.9 Å². The van der Waals surface area contributed by atoms with E-state index in [1.807, 2.05) is 0 Å². The molecule has 2 aromatic rings. The molecule has 1 N–H and O–H groups in total. The molecule has 0 saturated carbocycles. The van der Waals surface area contributed by atoms with Crippen molar-refractivity contribution in [3.63, 3.8) is 0 Å². The molecule has 0 aliphatic heterocycles. The van der Waals surface area contributed by atoms with Crippen LogP contribution in [0.5, 0.6) is 0 Å². The molecule has 0 bridgehead atoms. The van der Waals surface area contributed by atoms with E-state index < -0.39 is 21.5 Å². The highest BCUT2D eigenvalue weighted by atomic mass is 35.5. The van der Waals surface area contributed by atoms with E-state index in [0.717, 1.165) is 0 Å². The Hall–Kier alpha value is -1.97. The Kier molecular flexibility index (Phi) is 5.98. The van der Waals surface area contributed by atoms with Gasteiger partial charge in [-0.25, -0.2) is 8.42 Å². The molecule has 1 aromatic heterocycles. The zero-order chi connectivity index (χ0) is 20.6. The van der Waals surface area contributed by atoms with Gasteiger partial charge in [-0.15, -0.1) is 0 Å². The maximum Gasteiger partial charge on any atom is 0.253 e. The maximum absolute atomic E-state index is 12.8. The van der Waals surface area contributed by atoms with Gasteiger partial charge >= 0.3 is 0 Å². The van der Waals surface area contributed by atoms with Crippen LogP contribution in [0.25, 0.3) is 0 Å². The van der Waals surface area contributed by atoms with Gasteiger partial charge in [-0.1, -0.05) is 16.8 Å². The van der Waals surface area contributed by atoms with Gasteiger partial charge in [0.05, 0.1) is 21.0 Å². The summed E-state index contributed by atoms with van der Waals surface area (Å²) in [6.45, 7) is 8.57. The van der Waals surface area contributed by atoms with Gasteiger partial charge < -0.3 is 9.84 Å². The summed E-state index contributed by atoms with van der Waals surface area (Å²) in [4.78, 5) is 16.9. The van der Waals surface area contributed by atoms with Crippen LogP contribution in [-0.4, -0.2) is 41.9 Å². The van der Waals surface area contributed by atoms with Crippen molar-refractivity contribution in [2.24, 2.45) is 0 Å². The molecule has 0 unspecified atom stereocenters. The van der Waals surface area contributed by atoms with Crippen molar-refractivity contribution in [3.05, 3.63) is 40.5 Å². The predicted octanol–water partition coefficient (Wildman–Crippen LogP) is 2.73. The van der Waals surface area contributed by atoms with Gasteiger partial charge in [-0.3, -0.25) is 4.79 Å². The summed E-state index contributed by atoms with van der Waals surface area (Å²) >= 11 is 6.14. The Labute approximate surface area is 163 Å². The first-order valence-electron chi connectivity index (χ1n) is 8.27. The van der Waals surface area contributed by atoms with Crippen LogP contribution < -0.4 is 5.32 Å². The molecule has 2 rings (SSSR count). The smallest absolute Gasteiger partial charge is 0.253 e. The van der Waals surface area contributed by atoms with Crippen molar-refractivity contribution in [2.75, 3.05) is 7.05 Å². The summed E-state index contributed by atoms with van der Waals surface area (Å²) in [7, 11) is -2.27. The van der Waals surface area contributed by atoms with Crippen LogP contribution in [0.3, 0.4) is 0 Å². The van der Waals surface area contributed by atoms with Gasteiger partial charge in [0.1, 0.15) is 0 Å². The van der Waals surface area contributed by atoms with E-state index in [9.17, 15) is 13.2 Å². The number of nitrogens with zero attached hydrogens (tertiary/aromatic N) is 3. The van der Waals surface area contributed by atoms with E-state index in [2.05, 4.69) is 15.5 Å². The Morgan fingerprint density at radius 2 is 1.96 bits per heavy atom. The fourth-order valence-corrected chi connectivity index (χ4v) is 3.84. The second-order valence-electron chi connectivity index (χ2n) is 6.97. The van der Waals surface area contributed by atoms with Crippen molar-refractivity contribution >= 4 is 27.5 Å². The van der Waals surface area contributed by atoms with Gasteiger partial charge in [0.15, 0.2) is 5.82 Å². The quantitative estimate of drug-likeness (QED) is 0.779. The lowest BCUT2D eigenvalue weighted by atomic mass is 10.0. The summed E-state index contributed by atoms with van der Waals surface area (Å²) in [6.07, 6.45) is 0. The fourth-order valence-electron chi connectivity index (χ4n) is 2.24. The number of carbonyl (C=O) groups excluding carboxylic acids is 1. The van der Waals surface area contributed by atoms with Crippen LogP contribution in [0.4, 0.5) is 0 Å². The van der Waals surface area contributed by atoms with Gasteiger partial charge in [0.25, 0.3) is 5.91 Å². The lowest BCUT2D eigenvalue weighted by Gasteiger charge is -2.24. The average molecular weight is 415 g/mol. The van der Waals surface area contributed by atoms with Gasteiger partial charge in [-0.2, -0.15) is 9.29 Å². The number of amides is 1. The molecule has 0 saturated heterocycles. The molecule has 27 heavy (non-hydrogen) atoms. The second kappa shape index (κ2) is 7.57. The van der Waals surface area contributed by atoms with Gasteiger partial charge in [-0.05, 0) is 45.9 Å². The third kappa shape index (κ3) is 4.48. The Balaban J connectivity index is 2.37. The standard InChI is InChI=1S/C17H23ClN4O4S/c1-10(2)22(6)27(24,25)12-7-8-14(18)13(9-12)15(23)20-17(4,5)16-19-11(3)26-21-16/h7-10H,1-6H3,(H,20,23). The molecule has 0 fully saturated rings. The van der Waals surface area contributed by atoms with E-state index in [4.69, 9.17) is 16.1 Å². The molecule has 1 heterocycles. The van der Waals surface area contributed by atoms with Crippen molar-refractivity contribution in [3.8, 4) is 0 Å². The topological polar surface area (TPSA) is 105 Å². The Morgan fingerprint density at radius 1 is 1.33 bits per heavy atom. The lowest BCUT2D eigenvalue weighted by molar-refractivity contribution is 0.0907. The van der Waals surface area contributed by atoms with Crippen LogP contribution >= 0.6 is 11.6 Å².